The summed E-state index contributed by atoms with van der Waals surface area (Å²) in [5.41, 5.74) is 1.11. The van der Waals surface area contributed by atoms with Crippen LogP contribution in [0.15, 0.2) is 30.3 Å². The van der Waals surface area contributed by atoms with Crippen LogP contribution in [0.5, 0.6) is 0 Å². The highest BCUT2D eigenvalue weighted by Gasteiger charge is 2.31. The Balaban J connectivity index is 2.33. The Kier molecular flexibility index (Phi) is 4.20. The van der Waals surface area contributed by atoms with E-state index in [2.05, 4.69) is 34.6 Å². The van der Waals surface area contributed by atoms with Crippen LogP contribution in [0.3, 0.4) is 0 Å². The van der Waals surface area contributed by atoms with Crippen molar-refractivity contribution in [1.82, 2.24) is 10.6 Å². The summed E-state index contributed by atoms with van der Waals surface area (Å²) in [6.07, 6.45) is 0.973. The summed E-state index contributed by atoms with van der Waals surface area (Å²) < 4.78 is 0. The molecule has 1 aromatic rings. The van der Waals surface area contributed by atoms with E-state index in [1.54, 1.807) is 0 Å². The first kappa shape index (κ1) is 12.9. The average Bonchev–Trinajstić information content (AvgIpc) is 2.51. The molecule has 18 heavy (non-hydrogen) atoms. The smallest absolute Gasteiger partial charge is 0.244 e. The normalized spacial score (nSPS) is 24.6. The topological polar surface area (TPSA) is 44.4 Å². The van der Waals surface area contributed by atoms with Gasteiger partial charge in [0.15, 0.2) is 0 Å². The maximum absolute atomic E-state index is 12.1. The molecule has 0 saturated carbocycles. The molecule has 1 saturated heterocycles. The Hall–Kier alpha value is -1.55. The predicted molar refractivity (Wildman–Crippen MR) is 73.7 cm³/mol. The SMILES string of the molecule is CNCC1C(=O)NCCC(C)N1c1ccccc1. The number of anilines is 1. The van der Waals surface area contributed by atoms with Crippen molar-refractivity contribution in [3.05, 3.63) is 30.3 Å². The highest BCUT2D eigenvalue weighted by Crippen LogP contribution is 2.22. The molecule has 2 atom stereocenters. The van der Waals surface area contributed by atoms with Crippen molar-refractivity contribution in [1.29, 1.82) is 0 Å². The van der Waals surface area contributed by atoms with E-state index in [9.17, 15) is 4.79 Å². The number of hydrogen-bond acceptors (Lipinski definition) is 3. The van der Waals surface area contributed by atoms with Gasteiger partial charge in [0.2, 0.25) is 5.91 Å². The van der Waals surface area contributed by atoms with E-state index in [0.717, 1.165) is 18.7 Å². The highest BCUT2D eigenvalue weighted by molar-refractivity contribution is 5.86. The maximum atomic E-state index is 12.1. The molecule has 1 aliphatic rings. The van der Waals surface area contributed by atoms with E-state index in [1.807, 2.05) is 25.2 Å². The first-order valence-electron chi connectivity index (χ1n) is 6.49. The summed E-state index contributed by atoms with van der Waals surface area (Å²) in [5, 5.41) is 6.10. The van der Waals surface area contributed by atoms with E-state index >= 15 is 0 Å². The summed E-state index contributed by atoms with van der Waals surface area (Å²) in [7, 11) is 1.88. The summed E-state index contributed by atoms with van der Waals surface area (Å²) in [6.45, 7) is 3.59. The third kappa shape index (κ3) is 2.64. The summed E-state index contributed by atoms with van der Waals surface area (Å²) in [4.78, 5) is 14.4. The molecule has 2 unspecified atom stereocenters. The van der Waals surface area contributed by atoms with Crippen molar-refractivity contribution in [3.8, 4) is 0 Å². The molecule has 0 aromatic heterocycles. The van der Waals surface area contributed by atoms with Crippen molar-refractivity contribution >= 4 is 11.6 Å². The van der Waals surface area contributed by atoms with E-state index in [-0.39, 0.29) is 11.9 Å². The number of nitrogens with one attached hydrogen (secondary N) is 2. The Morgan fingerprint density at radius 1 is 1.39 bits per heavy atom. The van der Waals surface area contributed by atoms with Crippen molar-refractivity contribution in [2.24, 2.45) is 0 Å². The Morgan fingerprint density at radius 2 is 2.11 bits per heavy atom. The first-order valence-corrected chi connectivity index (χ1v) is 6.49. The molecule has 4 nitrogen and oxygen atoms in total. The van der Waals surface area contributed by atoms with E-state index in [0.29, 0.717) is 12.6 Å². The van der Waals surface area contributed by atoms with Crippen LogP contribution in [0.25, 0.3) is 0 Å². The molecule has 0 spiro atoms. The van der Waals surface area contributed by atoms with Gasteiger partial charge >= 0.3 is 0 Å². The molecule has 2 N–H and O–H groups in total. The molecule has 1 aliphatic heterocycles. The molecular weight excluding hydrogens is 226 g/mol. The molecular formula is C14H21N3O. The van der Waals surface area contributed by atoms with Crippen LogP contribution in [0.2, 0.25) is 0 Å². The number of carbonyl (C=O) groups is 1. The van der Waals surface area contributed by atoms with Crippen LogP contribution in [0.4, 0.5) is 5.69 Å². The van der Waals surface area contributed by atoms with Gasteiger partial charge in [-0.1, -0.05) is 18.2 Å². The van der Waals surface area contributed by atoms with Gasteiger partial charge < -0.3 is 15.5 Å². The standard InChI is InChI=1S/C14H21N3O/c1-11-8-9-16-14(18)13(10-15-2)17(11)12-6-4-3-5-7-12/h3-7,11,13,15H,8-10H2,1-2H3,(H,16,18). The van der Waals surface area contributed by atoms with Gasteiger partial charge in [-0.25, -0.2) is 0 Å². The lowest BCUT2D eigenvalue weighted by molar-refractivity contribution is -0.121. The van der Waals surface area contributed by atoms with Gasteiger partial charge in [-0.2, -0.15) is 0 Å². The van der Waals surface area contributed by atoms with Crippen molar-refractivity contribution in [2.45, 2.75) is 25.4 Å². The zero-order valence-electron chi connectivity index (χ0n) is 11.0. The Morgan fingerprint density at radius 3 is 2.78 bits per heavy atom. The highest BCUT2D eigenvalue weighted by atomic mass is 16.2. The number of rotatable bonds is 3. The number of amides is 1. The van der Waals surface area contributed by atoms with Crippen LogP contribution in [-0.2, 0) is 4.79 Å². The number of benzene rings is 1. The number of likely N-dealkylation sites (N-methyl/N-ethyl adjacent to an activating group) is 1. The fourth-order valence-corrected chi connectivity index (χ4v) is 2.51. The van der Waals surface area contributed by atoms with Crippen molar-refractivity contribution in [2.75, 3.05) is 25.0 Å². The second-order valence-electron chi connectivity index (χ2n) is 4.75. The molecule has 0 aliphatic carbocycles. The van der Waals surface area contributed by atoms with E-state index in [1.165, 1.54) is 0 Å². The number of para-hydroxylation sites is 1. The van der Waals surface area contributed by atoms with Crippen LogP contribution in [-0.4, -0.2) is 38.1 Å². The Bertz CT molecular complexity index is 393. The van der Waals surface area contributed by atoms with Gasteiger partial charge in [0.1, 0.15) is 6.04 Å². The lowest BCUT2D eigenvalue weighted by Crippen LogP contribution is -2.52. The van der Waals surface area contributed by atoms with Gasteiger partial charge in [-0.15, -0.1) is 0 Å². The quantitative estimate of drug-likeness (QED) is 0.837. The molecule has 0 bridgehead atoms. The van der Waals surface area contributed by atoms with Gasteiger partial charge in [-0.3, -0.25) is 4.79 Å². The molecule has 1 heterocycles. The van der Waals surface area contributed by atoms with Gasteiger partial charge in [0.05, 0.1) is 0 Å². The third-order valence-corrected chi connectivity index (χ3v) is 3.43. The summed E-state index contributed by atoms with van der Waals surface area (Å²) in [6, 6.07) is 10.4. The van der Waals surface area contributed by atoms with Crippen LogP contribution in [0, 0.1) is 0 Å². The zero-order valence-corrected chi connectivity index (χ0v) is 11.0. The summed E-state index contributed by atoms with van der Waals surface area (Å²) >= 11 is 0. The van der Waals surface area contributed by atoms with Crippen LogP contribution >= 0.6 is 0 Å². The molecule has 1 fully saturated rings. The van der Waals surface area contributed by atoms with Crippen LogP contribution in [0.1, 0.15) is 13.3 Å². The minimum Gasteiger partial charge on any atom is -0.356 e. The molecule has 0 radical (unpaired) electrons. The zero-order chi connectivity index (χ0) is 13.0. The average molecular weight is 247 g/mol. The van der Waals surface area contributed by atoms with Crippen molar-refractivity contribution < 1.29 is 4.79 Å². The van der Waals surface area contributed by atoms with Gasteiger partial charge in [-0.05, 0) is 32.5 Å². The molecule has 4 heteroatoms. The first-order chi connectivity index (χ1) is 8.74. The molecule has 1 aromatic carbocycles. The maximum Gasteiger partial charge on any atom is 0.244 e. The second-order valence-corrected chi connectivity index (χ2v) is 4.75. The lowest BCUT2D eigenvalue weighted by atomic mass is 10.1. The lowest BCUT2D eigenvalue weighted by Gasteiger charge is -2.35. The van der Waals surface area contributed by atoms with Crippen LogP contribution < -0.4 is 15.5 Å². The number of hydrogen-bond donors (Lipinski definition) is 2. The molecule has 1 amide bonds. The predicted octanol–water partition coefficient (Wildman–Crippen LogP) is 0.989. The minimum atomic E-state index is -0.144. The third-order valence-electron chi connectivity index (χ3n) is 3.43. The second kappa shape index (κ2) is 5.87. The largest absolute Gasteiger partial charge is 0.356 e. The van der Waals surface area contributed by atoms with Gasteiger partial charge in [0, 0.05) is 24.8 Å². The van der Waals surface area contributed by atoms with Gasteiger partial charge in [0.25, 0.3) is 0 Å². The van der Waals surface area contributed by atoms with Crippen molar-refractivity contribution in [3.63, 3.8) is 0 Å². The van der Waals surface area contributed by atoms with E-state index in [4.69, 9.17) is 0 Å². The Labute approximate surface area is 108 Å². The summed E-state index contributed by atoms with van der Waals surface area (Å²) in [5.74, 6) is 0.109. The minimum absolute atomic E-state index is 0.109. The van der Waals surface area contributed by atoms with E-state index < -0.39 is 0 Å². The fraction of sp³-hybridized carbons (Fsp3) is 0.500. The number of nitrogens with zero attached hydrogens (tertiary/aromatic N) is 1. The number of carbonyl (C=O) groups excluding carboxylic acids is 1. The monoisotopic (exact) mass is 247 g/mol. The molecule has 98 valence electrons. The molecule has 2 rings (SSSR count). The fourth-order valence-electron chi connectivity index (χ4n) is 2.51.